The van der Waals surface area contributed by atoms with Gasteiger partial charge in [-0.3, -0.25) is 14.9 Å². The van der Waals surface area contributed by atoms with Crippen LogP contribution in [0, 0.1) is 21.4 Å². The van der Waals surface area contributed by atoms with Gasteiger partial charge in [0.15, 0.2) is 6.61 Å². The molecular formula is C22H22N4O5S. The molecule has 1 aliphatic heterocycles. The van der Waals surface area contributed by atoms with Gasteiger partial charge in [-0.05, 0) is 50.2 Å². The fourth-order valence-corrected chi connectivity index (χ4v) is 5.43. The molecule has 9 nitrogen and oxygen atoms in total. The van der Waals surface area contributed by atoms with E-state index in [1.54, 1.807) is 6.07 Å². The molecule has 166 valence electrons. The maximum atomic E-state index is 12.7. The summed E-state index contributed by atoms with van der Waals surface area (Å²) < 4.78 is 5.19. The van der Waals surface area contributed by atoms with Crippen molar-refractivity contribution in [3.8, 4) is 6.07 Å². The van der Waals surface area contributed by atoms with Gasteiger partial charge < -0.3 is 15.0 Å². The van der Waals surface area contributed by atoms with Crippen molar-refractivity contribution in [1.82, 2.24) is 0 Å². The number of amides is 1. The molecule has 1 saturated heterocycles. The summed E-state index contributed by atoms with van der Waals surface area (Å²) >= 11 is 1.39. The zero-order valence-corrected chi connectivity index (χ0v) is 18.2. The highest BCUT2D eigenvalue weighted by molar-refractivity contribution is 7.16. The predicted molar refractivity (Wildman–Crippen MR) is 119 cm³/mol. The second-order valence-corrected chi connectivity index (χ2v) is 8.91. The number of ether oxygens (including phenoxy) is 1. The molecule has 2 aliphatic rings. The molecule has 0 radical (unpaired) electrons. The third kappa shape index (κ3) is 4.43. The summed E-state index contributed by atoms with van der Waals surface area (Å²) in [5, 5.41) is 23.8. The van der Waals surface area contributed by atoms with Gasteiger partial charge >= 0.3 is 5.97 Å². The number of anilines is 2. The minimum Gasteiger partial charge on any atom is -0.452 e. The first-order valence-electron chi connectivity index (χ1n) is 10.5. The lowest BCUT2D eigenvalue weighted by Crippen LogP contribution is -2.24. The zero-order chi connectivity index (χ0) is 22.7. The Bertz CT molecular complexity index is 1110. The lowest BCUT2D eigenvalue weighted by atomic mass is 9.96. The van der Waals surface area contributed by atoms with E-state index in [-0.39, 0.29) is 11.3 Å². The molecule has 0 bridgehead atoms. The summed E-state index contributed by atoms with van der Waals surface area (Å²) in [6.07, 6.45) is 5.75. The van der Waals surface area contributed by atoms with Crippen molar-refractivity contribution in [3.63, 3.8) is 0 Å². The average molecular weight is 455 g/mol. The van der Waals surface area contributed by atoms with Crippen molar-refractivity contribution < 1.29 is 19.2 Å². The van der Waals surface area contributed by atoms with Crippen molar-refractivity contribution in [3.05, 3.63) is 49.9 Å². The van der Waals surface area contributed by atoms with E-state index in [4.69, 9.17) is 4.74 Å². The van der Waals surface area contributed by atoms with E-state index < -0.39 is 23.4 Å². The summed E-state index contributed by atoms with van der Waals surface area (Å²) in [5.41, 5.74) is 1.91. The summed E-state index contributed by atoms with van der Waals surface area (Å²) in [7, 11) is 0. The van der Waals surface area contributed by atoms with Crippen LogP contribution in [0.5, 0.6) is 0 Å². The summed E-state index contributed by atoms with van der Waals surface area (Å²) in [4.78, 5) is 38.9. The minimum atomic E-state index is -0.795. The zero-order valence-electron chi connectivity index (χ0n) is 17.4. The number of benzene rings is 1. The Morgan fingerprint density at radius 1 is 1.22 bits per heavy atom. The number of hydrogen-bond donors (Lipinski definition) is 1. The molecule has 1 fully saturated rings. The van der Waals surface area contributed by atoms with Gasteiger partial charge in [-0.1, -0.05) is 0 Å². The van der Waals surface area contributed by atoms with Crippen LogP contribution < -0.4 is 10.2 Å². The number of hydrogen-bond acceptors (Lipinski definition) is 8. The number of nitro groups is 1. The topological polar surface area (TPSA) is 126 Å². The molecule has 1 aliphatic carbocycles. The number of nitriles is 1. The monoisotopic (exact) mass is 454 g/mol. The molecule has 1 aromatic heterocycles. The predicted octanol–water partition coefficient (Wildman–Crippen LogP) is 3.80. The van der Waals surface area contributed by atoms with Crippen LogP contribution in [0.4, 0.5) is 16.4 Å². The minimum absolute atomic E-state index is 0.0678. The summed E-state index contributed by atoms with van der Waals surface area (Å²) in [6, 6.07) is 6.27. The Balaban J connectivity index is 1.46. The molecule has 1 aromatic carbocycles. The summed E-state index contributed by atoms with van der Waals surface area (Å²) in [5.74, 6) is -1.35. The molecule has 2 heterocycles. The number of nitrogens with one attached hydrogen (secondary N) is 1. The lowest BCUT2D eigenvalue weighted by molar-refractivity contribution is -0.384. The standard InChI is InChI=1S/C22H22N4O5S/c23-12-17-15-5-1-2-6-19(15)32-21(17)24-20(27)13-31-22(28)16-11-14(26(29)30)7-8-18(16)25-9-3-4-10-25/h7-8,11H,1-6,9-10,13H2,(H,24,27). The number of esters is 1. The highest BCUT2D eigenvalue weighted by Gasteiger charge is 2.25. The van der Waals surface area contributed by atoms with Crippen LogP contribution in [-0.2, 0) is 22.4 Å². The molecule has 1 N–H and O–H groups in total. The molecule has 10 heteroatoms. The molecule has 0 atom stereocenters. The van der Waals surface area contributed by atoms with Crippen LogP contribution in [-0.4, -0.2) is 36.5 Å². The fraction of sp³-hybridized carbons (Fsp3) is 0.409. The first kappa shape index (κ1) is 21.8. The summed E-state index contributed by atoms with van der Waals surface area (Å²) in [6.45, 7) is 0.950. The van der Waals surface area contributed by atoms with E-state index in [2.05, 4.69) is 11.4 Å². The van der Waals surface area contributed by atoms with Gasteiger partial charge in [-0.2, -0.15) is 5.26 Å². The average Bonchev–Trinajstić information content (AvgIpc) is 3.44. The van der Waals surface area contributed by atoms with Crippen molar-refractivity contribution >= 4 is 39.6 Å². The second kappa shape index (κ2) is 9.36. The van der Waals surface area contributed by atoms with Gasteiger partial charge in [-0.15, -0.1) is 11.3 Å². The fourth-order valence-electron chi connectivity index (χ4n) is 4.18. The molecule has 0 saturated carbocycles. The van der Waals surface area contributed by atoms with Crippen LogP contribution >= 0.6 is 11.3 Å². The normalized spacial score (nSPS) is 15.0. The van der Waals surface area contributed by atoms with Crippen LogP contribution in [0.3, 0.4) is 0 Å². The van der Waals surface area contributed by atoms with E-state index in [0.717, 1.165) is 62.1 Å². The first-order valence-corrected chi connectivity index (χ1v) is 11.3. The SMILES string of the molecule is N#Cc1c(NC(=O)COC(=O)c2cc([N+](=O)[O-])ccc2N2CCCC2)sc2c1CCCC2. The van der Waals surface area contributed by atoms with Gasteiger partial charge in [-0.25, -0.2) is 4.79 Å². The number of aryl methyl sites for hydroxylation is 1. The molecule has 2 aromatic rings. The van der Waals surface area contributed by atoms with Crippen LogP contribution in [0.2, 0.25) is 0 Å². The number of fused-ring (bicyclic) bond motifs is 1. The second-order valence-electron chi connectivity index (χ2n) is 7.80. The Hall–Kier alpha value is -3.45. The number of nitro benzene ring substituents is 1. The third-order valence-electron chi connectivity index (χ3n) is 5.73. The van der Waals surface area contributed by atoms with Crippen molar-refractivity contribution in [2.75, 3.05) is 29.9 Å². The number of non-ortho nitro benzene ring substituents is 1. The van der Waals surface area contributed by atoms with Crippen LogP contribution in [0.15, 0.2) is 18.2 Å². The molecular weight excluding hydrogens is 432 g/mol. The molecule has 0 unspecified atom stereocenters. The third-order valence-corrected chi connectivity index (χ3v) is 6.94. The largest absolute Gasteiger partial charge is 0.452 e. The Morgan fingerprint density at radius 3 is 2.69 bits per heavy atom. The first-order chi connectivity index (χ1) is 15.5. The van der Waals surface area contributed by atoms with Gasteiger partial charge in [0.05, 0.1) is 21.7 Å². The van der Waals surface area contributed by atoms with E-state index in [1.165, 1.54) is 23.5 Å². The van der Waals surface area contributed by atoms with Crippen LogP contribution in [0.1, 0.15) is 52.0 Å². The highest BCUT2D eigenvalue weighted by Crippen LogP contribution is 2.37. The molecule has 32 heavy (non-hydrogen) atoms. The van der Waals surface area contributed by atoms with E-state index in [9.17, 15) is 25.0 Å². The highest BCUT2D eigenvalue weighted by atomic mass is 32.1. The number of carbonyl (C=O) groups is 2. The molecule has 4 rings (SSSR count). The van der Waals surface area contributed by atoms with Gasteiger partial charge in [0.2, 0.25) is 0 Å². The smallest absolute Gasteiger partial charge is 0.341 e. The van der Waals surface area contributed by atoms with Crippen molar-refractivity contribution in [2.45, 2.75) is 38.5 Å². The number of carbonyl (C=O) groups excluding carboxylic acids is 2. The molecule has 0 spiro atoms. The van der Waals surface area contributed by atoms with Gasteiger partial charge in [0.25, 0.3) is 11.6 Å². The quantitative estimate of drug-likeness (QED) is 0.400. The molecule has 1 amide bonds. The Kier molecular flexibility index (Phi) is 6.37. The van der Waals surface area contributed by atoms with Gasteiger partial charge in [0.1, 0.15) is 11.1 Å². The van der Waals surface area contributed by atoms with Gasteiger partial charge in [0, 0.05) is 30.1 Å². The maximum Gasteiger partial charge on any atom is 0.341 e. The van der Waals surface area contributed by atoms with Crippen LogP contribution in [0.25, 0.3) is 0 Å². The number of thiophene rings is 1. The van der Waals surface area contributed by atoms with E-state index in [1.807, 2.05) is 4.90 Å². The lowest BCUT2D eigenvalue weighted by Gasteiger charge is -2.20. The maximum absolute atomic E-state index is 12.7. The Labute approximate surface area is 188 Å². The Morgan fingerprint density at radius 2 is 1.97 bits per heavy atom. The number of nitrogens with zero attached hydrogens (tertiary/aromatic N) is 3. The van der Waals surface area contributed by atoms with Crippen molar-refractivity contribution in [1.29, 1.82) is 5.26 Å². The van der Waals surface area contributed by atoms with E-state index >= 15 is 0 Å². The van der Waals surface area contributed by atoms with Crippen molar-refractivity contribution in [2.24, 2.45) is 0 Å². The number of rotatable bonds is 6. The van der Waals surface area contributed by atoms with E-state index in [0.29, 0.717) is 16.3 Å².